The topological polar surface area (TPSA) is 29.9 Å². The van der Waals surface area contributed by atoms with Gasteiger partial charge < -0.3 is 9.88 Å². The lowest BCUT2D eigenvalue weighted by Gasteiger charge is -2.33. The first-order valence-electron chi connectivity index (χ1n) is 7.48. The molecular weight excluding hydrogens is 222 g/mol. The highest BCUT2D eigenvalue weighted by atomic mass is 15.1. The van der Waals surface area contributed by atoms with Gasteiger partial charge in [0, 0.05) is 25.3 Å². The molecule has 2 aliphatic carbocycles. The molecule has 18 heavy (non-hydrogen) atoms. The van der Waals surface area contributed by atoms with Crippen LogP contribution in [-0.4, -0.2) is 16.1 Å². The van der Waals surface area contributed by atoms with E-state index < -0.39 is 0 Å². The monoisotopic (exact) mass is 247 g/mol. The summed E-state index contributed by atoms with van der Waals surface area (Å²) in [4.78, 5) is 4.29. The zero-order chi connectivity index (χ0) is 12.4. The van der Waals surface area contributed by atoms with E-state index in [-0.39, 0.29) is 0 Å². The van der Waals surface area contributed by atoms with Crippen molar-refractivity contribution >= 4 is 0 Å². The molecule has 0 aromatic carbocycles. The Labute approximate surface area is 110 Å². The van der Waals surface area contributed by atoms with Crippen molar-refractivity contribution in [1.82, 2.24) is 14.9 Å². The fourth-order valence-corrected chi connectivity index (χ4v) is 3.22. The highest BCUT2D eigenvalue weighted by molar-refractivity contribution is 5.03. The molecule has 1 aromatic rings. The van der Waals surface area contributed by atoms with Crippen molar-refractivity contribution in [3.63, 3.8) is 0 Å². The van der Waals surface area contributed by atoms with Crippen molar-refractivity contribution in [3.05, 3.63) is 18.2 Å². The third-order valence-corrected chi connectivity index (χ3v) is 4.61. The van der Waals surface area contributed by atoms with E-state index in [0.29, 0.717) is 5.41 Å². The summed E-state index contributed by atoms with van der Waals surface area (Å²) >= 11 is 0. The molecular formula is C15H25N3. The van der Waals surface area contributed by atoms with Crippen LogP contribution in [0.25, 0.3) is 0 Å². The van der Waals surface area contributed by atoms with Crippen LogP contribution in [0.5, 0.6) is 0 Å². The van der Waals surface area contributed by atoms with Crippen molar-refractivity contribution in [1.29, 1.82) is 0 Å². The summed E-state index contributed by atoms with van der Waals surface area (Å²) in [6.07, 6.45) is 13.7. The maximum atomic E-state index is 4.29. The second-order valence-corrected chi connectivity index (χ2v) is 6.50. The Kier molecular flexibility index (Phi) is 3.42. The van der Waals surface area contributed by atoms with Gasteiger partial charge in [-0.15, -0.1) is 0 Å². The summed E-state index contributed by atoms with van der Waals surface area (Å²) in [5.74, 6) is 0. The second-order valence-electron chi connectivity index (χ2n) is 6.50. The summed E-state index contributed by atoms with van der Waals surface area (Å²) in [6.45, 7) is 4.58. The second kappa shape index (κ2) is 5.04. The van der Waals surface area contributed by atoms with Crippen LogP contribution in [0, 0.1) is 5.41 Å². The maximum absolute atomic E-state index is 4.29. The van der Waals surface area contributed by atoms with Crippen LogP contribution in [-0.2, 0) is 6.54 Å². The molecule has 0 saturated heterocycles. The largest absolute Gasteiger partial charge is 0.330 e. The van der Waals surface area contributed by atoms with Gasteiger partial charge in [-0.05, 0) is 31.1 Å². The van der Waals surface area contributed by atoms with Crippen LogP contribution in [0.1, 0.15) is 63.6 Å². The van der Waals surface area contributed by atoms with Crippen molar-refractivity contribution in [2.45, 2.75) is 64.5 Å². The molecule has 0 amide bonds. The van der Waals surface area contributed by atoms with Gasteiger partial charge >= 0.3 is 0 Å². The smallest absolute Gasteiger partial charge is 0.0951 e. The number of nitrogens with one attached hydrogen (secondary N) is 1. The molecule has 0 bridgehead atoms. The lowest BCUT2D eigenvalue weighted by Crippen LogP contribution is -2.33. The minimum atomic E-state index is 0.530. The van der Waals surface area contributed by atoms with E-state index in [4.69, 9.17) is 0 Å². The van der Waals surface area contributed by atoms with Crippen LogP contribution in [0.2, 0.25) is 0 Å². The summed E-state index contributed by atoms with van der Waals surface area (Å²) in [5.41, 5.74) is 1.89. The van der Waals surface area contributed by atoms with Gasteiger partial charge in [0.25, 0.3) is 0 Å². The van der Waals surface area contributed by atoms with E-state index in [2.05, 4.69) is 21.8 Å². The minimum absolute atomic E-state index is 0.530. The highest BCUT2D eigenvalue weighted by Gasteiger charge is 2.27. The van der Waals surface area contributed by atoms with Crippen molar-refractivity contribution in [2.24, 2.45) is 5.41 Å². The normalized spacial score (nSPS) is 23.2. The van der Waals surface area contributed by atoms with E-state index in [0.717, 1.165) is 19.1 Å². The van der Waals surface area contributed by atoms with Crippen molar-refractivity contribution < 1.29 is 0 Å². The van der Waals surface area contributed by atoms with E-state index in [1.807, 2.05) is 12.5 Å². The lowest BCUT2D eigenvalue weighted by molar-refractivity contribution is 0.207. The summed E-state index contributed by atoms with van der Waals surface area (Å²) in [7, 11) is 0. The molecule has 2 fully saturated rings. The molecule has 0 radical (unpaired) electrons. The zero-order valence-corrected chi connectivity index (χ0v) is 11.5. The fourth-order valence-electron chi connectivity index (χ4n) is 3.22. The number of aromatic nitrogens is 2. The summed E-state index contributed by atoms with van der Waals surface area (Å²) < 4.78 is 2.36. The molecule has 3 heteroatoms. The Balaban J connectivity index is 1.50. The van der Waals surface area contributed by atoms with Crippen LogP contribution in [0.15, 0.2) is 12.5 Å². The molecule has 2 aliphatic rings. The van der Waals surface area contributed by atoms with E-state index in [1.54, 1.807) is 0 Å². The maximum Gasteiger partial charge on any atom is 0.0951 e. The molecule has 100 valence electrons. The Morgan fingerprint density at radius 2 is 2.11 bits per heavy atom. The molecule has 1 aromatic heterocycles. The van der Waals surface area contributed by atoms with Crippen molar-refractivity contribution in [3.8, 4) is 0 Å². The molecule has 1 heterocycles. The van der Waals surface area contributed by atoms with Gasteiger partial charge in [0.2, 0.25) is 0 Å². The van der Waals surface area contributed by atoms with Crippen LogP contribution >= 0.6 is 0 Å². The summed E-state index contributed by atoms with van der Waals surface area (Å²) in [5, 5.41) is 3.66. The van der Waals surface area contributed by atoms with Gasteiger partial charge in [0.15, 0.2) is 0 Å². The van der Waals surface area contributed by atoms with Crippen LogP contribution < -0.4 is 5.32 Å². The third kappa shape index (κ3) is 2.77. The third-order valence-electron chi connectivity index (χ3n) is 4.61. The first-order valence-corrected chi connectivity index (χ1v) is 7.48. The van der Waals surface area contributed by atoms with E-state index in [9.17, 15) is 0 Å². The number of hydrogen-bond donors (Lipinski definition) is 1. The van der Waals surface area contributed by atoms with Gasteiger partial charge in [-0.3, -0.25) is 0 Å². The number of imidazole rings is 1. The number of rotatable bonds is 5. The van der Waals surface area contributed by atoms with Crippen LogP contribution in [0.3, 0.4) is 0 Å². The zero-order valence-electron chi connectivity index (χ0n) is 11.5. The SMILES string of the molecule is CC1(CNCc2cncn2C2CC2)CCCCC1. The van der Waals surface area contributed by atoms with Gasteiger partial charge in [-0.1, -0.05) is 26.2 Å². The Morgan fingerprint density at radius 3 is 2.83 bits per heavy atom. The molecule has 0 atom stereocenters. The van der Waals surface area contributed by atoms with Gasteiger partial charge in [0.05, 0.1) is 12.0 Å². The minimum Gasteiger partial charge on any atom is -0.330 e. The lowest BCUT2D eigenvalue weighted by atomic mass is 9.76. The number of hydrogen-bond acceptors (Lipinski definition) is 2. The molecule has 3 rings (SSSR count). The Morgan fingerprint density at radius 1 is 1.33 bits per heavy atom. The molecule has 0 unspecified atom stereocenters. The van der Waals surface area contributed by atoms with Crippen LogP contribution in [0.4, 0.5) is 0 Å². The van der Waals surface area contributed by atoms with Crippen molar-refractivity contribution in [2.75, 3.05) is 6.54 Å². The van der Waals surface area contributed by atoms with E-state index >= 15 is 0 Å². The quantitative estimate of drug-likeness (QED) is 0.865. The first kappa shape index (κ1) is 12.2. The average molecular weight is 247 g/mol. The average Bonchev–Trinajstić information content (AvgIpc) is 3.11. The molecule has 1 N–H and O–H groups in total. The van der Waals surface area contributed by atoms with E-state index in [1.165, 1.54) is 50.6 Å². The molecule has 0 aliphatic heterocycles. The molecule has 0 spiro atoms. The Bertz CT molecular complexity index is 386. The van der Waals surface area contributed by atoms with Gasteiger partial charge in [-0.2, -0.15) is 0 Å². The summed E-state index contributed by atoms with van der Waals surface area (Å²) in [6, 6.07) is 0.745. The van der Waals surface area contributed by atoms with Gasteiger partial charge in [-0.25, -0.2) is 4.98 Å². The molecule has 3 nitrogen and oxygen atoms in total. The number of nitrogens with zero attached hydrogens (tertiary/aromatic N) is 2. The Hall–Kier alpha value is -0.830. The predicted octanol–water partition coefficient (Wildman–Crippen LogP) is 3.28. The molecule has 2 saturated carbocycles. The standard InChI is InChI=1S/C15H25N3/c1-15(7-3-2-4-8-15)11-16-9-14-10-17-12-18(14)13-5-6-13/h10,12-13,16H,2-9,11H2,1H3. The fraction of sp³-hybridized carbons (Fsp3) is 0.800. The van der Waals surface area contributed by atoms with Gasteiger partial charge in [0.1, 0.15) is 0 Å². The first-order chi connectivity index (χ1) is 8.77. The highest BCUT2D eigenvalue weighted by Crippen LogP contribution is 2.36. The predicted molar refractivity (Wildman–Crippen MR) is 73.4 cm³/mol.